The van der Waals surface area contributed by atoms with Gasteiger partial charge in [-0.15, -0.1) is 0 Å². The quantitative estimate of drug-likeness (QED) is 0.710. The van der Waals surface area contributed by atoms with Crippen LogP contribution in [0.4, 0.5) is 18.0 Å². The van der Waals surface area contributed by atoms with E-state index in [1.807, 2.05) is 0 Å². The summed E-state index contributed by atoms with van der Waals surface area (Å²) >= 11 is 0. The summed E-state index contributed by atoms with van der Waals surface area (Å²) in [7, 11) is -2.54. The van der Waals surface area contributed by atoms with Crippen molar-refractivity contribution in [3.63, 3.8) is 0 Å². The zero-order valence-electron chi connectivity index (χ0n) is 13.4. The number of nitrogens with one attached hydrogen (secondary N) is 1. The van der Waals surface area contributed by atoms with Crippen molar-refractivity contribution in [2.24, 2.45) is 0 Å². The molecule has 0 aromatic rings. The van der Waals surface area contributed by atoms with Gasteiger partial charge in [-0.25, -0.2) is 9.69 Å². The van der Waals surface area contributed by atoms with Crippen molar-refractivity contribution in [1.82, 2.24) is 10.2 Å². The highest BCUT2D eigenvalue weighted by atomic mass is 32.2. The lowest BCUT2D eigenvalue weighted by Crippen LogP contribution is -2.58. The molecule has 0 aromatic heterocycles. The van der Waals surface area contributed by atoms with Gasteiger partial charge in [0, 0.05) is 13.0 Å². The number of amides is 3. The lowest BCUT2D eigenvalue weighted by Gasteiger charge is -2.32. The van der Waals surface area contributed by atoms with Crippen molar-refractivity contribution in [1.29, 1.82) is 0 Å². The third-order valence-corrected chi connectivity index (χ3v) is 4.06. The minimum absolute atomic E-state index is 0.0623. The Morgan fingerprint density at radius 1 is 1.32 bits per heavy atom. The molecule has 2 N–H and O–H groups in total. The number of carbonyl (C=O) groups excluding carboxylic acids is 2. The van der Waals surface area contributed by atoms with Crippen molar-refractivity contribution >= 4 is 27.1 Å². The lowest BCUT2D eigenvalue weighted by atomic mass is 10.0. The summed E-state index contributed by atoms with van der Waals surface area (Å²) in [6, 6.07) is -1.15. The average Bonchev–Trinajstić information content (AvgIpc) is 2.52. The number of halogens is 3. The van der Waals surface area contributed by atoms with E-state index in [-0.39, 0.29) is 35.4 Å². The second kappa shape index (κ2) is 7.83. The fraction of sp³-hybridized carbons (Fsp3) is 0.500. The standard InChI is InChI=1S/C14H17F3N2O5S/c1-3-8-18-12(21)19(11(20)13(2,22)14(15,16)17)9-4-6-10(7-5-9)25(23)24/h4-6,22H,3,7-8H2,1-2H3,(H,18,21). The maximum atomic E-state index is 12.9. The highest BCUT2D eigenvalue weighted by molar-refractivity contribution is 7.73. The first kappa shape index (κ1) is 20.9. The average molecular weight is 382 g/mol. The summed E-state index contributed by atoms with van der Waals surface area (Å²) < 4.78 is 60.6. The monoisotopic (exact) mass is 382 g/mol. The number of rotatable bonds is 4. The van der Waals surface area contributed by atoms with Crippen LogP contribution in [-0.2, 0) is 15.1 Å². The Morgan fingerprint density at radius 2 is 1.92 bits per heavy atom. The molecular formula is C14H17F3N2O5S. The molecule has 7 nitrogen and oxygen atoms in total. The summed E-state index contributed by atoms with van der Waals surface area (Å²) in [5, 5.41) is 11.8. The van der Waals surface area contributed by atoms with E-state index in [1.165, 1.54) is 0 Å². The van der Waals surface area contributed by atoms with Crippen molar-refractivity contribution in [2.45, 2.75) is 38.5 Å². The third-order valence-electron chi connectivity index (χ3n) is 3.33. The number of carbonyl (C=O) groups is 2. The fourth-order valence-corrected chi connectivity index (χ4v) is 2.18. The molecule has 25 heavy (non-hydrogen) atoms. The number of hydrogen-bond acceptors (Lipinski definition) is 5. The second-order valence-electron chi connectivity index (χ2n) is 5.31. The summed E-state index contributed by atoms with van der Waals surface area (Å²) in [4.78, 5) is 24.5. The molecule has 1 rings (SSSR count). The molecule has 0 aliphatic heterocycles. The van der Waals surface area contributed by atoms with Crippen molar-refractivity contribution < 1.29 is 36.3 Å². The number of urea groups is 1. The zero-order valence-corrected chi connectivity index (χ0v) is 14.2. The Bertz CT molecular complexity index is 743. The lowest BCUT2D eigenvalue weighted by molar-refractivity contribution is -0.248. The van der Waals surface area contributed by atoms with Crippen LogP contribution in [-0.4, -0.2) is 53.5 Å². The van der Waals surface area contributed by atoms with Gasteiger partial charge in [-0.3, -0.25) is 4.79 Å². The van der Waals surface area contributed by atoms with Crippen LogP contribution in [0.2, 0.25) is 0 Å². The van der Waals surface area contributed by atoms with E-state index in [0.717, 1.165) is 18.2 Å². The van der Waals surface area contributed by atoms with E-state index in [4.69, 9.17) is 0 Å². The van der Waals surface area contributed by atoms with Gasteiger partial charge in [-0.1, -0.05) is 13.0 Å². The van der Waals surface area contributed by atoms with Crippen LogP contribution in [0.25, 0.3) is 0 Å². The van der Waals surface area contributed by atoms with Crippen molar-refractivity contribution in [3.8, 4) is 0 Å². The number of aliphatic hydroxyl groups is 1. The van der Waals surface area contributed by atoms with Crippen LogP contribution < -0.4 is 5.32 Å². The first-order chi connectivity index (χ1) is 11.4. The molecule has 3 amide bonds. The van der Waals surface area contributed by atoms with Gasteiger partial charge in [0.05, 0.1) is 10.6 Å². The fourth-order valence-electron chi connectivity index (χ4n) is 1.79. The van der Waals surface area contributed by atoms with Gasteiger partial charge in [-0.05, 0) is 25.5 Å². The molecule has 140 valence electrons. The van der Waals surface area contributed by atoms with Gasteiger partial charge < -0.3 is 10.4 Å². The molecule has 0 fully saturated rings. The summed E-state index contributed by atoms with van der Waals surface area (Å²) in [6.07, 6.45) is -1.86. The van der Waals surface area contributed by atoms with E-state index >= 15 is 0 Å². The molecule has 0 bridgehead atoms. The van der Waals surface area contributed by atoms with Crippen LogP contribution in [0.15, 0.2) is 23.9 Å². The van der Waals surface area contributed by atoms with Gasteiger partial charge in [-0.2, -0.15) is 21.6 Å². The smallest absolute Gasteiger partial charge is 0.373 e. The maximum Gasteiger partial charge on any atom is 0.426 e. The second-order valence-corrected chi connectivity index (χ2v) is 6.30. The van der Waals surface area contributed by atoms with E-state index in [0.29, 0.717) is 6.42 Å². The van der Waals surface area contributed by atoms with E-state index in [2.05, 4.69) is 5.32 Å². The molecule has 0 heterocycles. The minimum Gasteiger partial charge on any atom is -0.373 e. The molecular weight excluding hydrogens is 365 g/mol. The van der Waals surface area contributed by atoms with Crippen LogP contribution >= 0.6 is 0 Å². The Balaban J connectivity index is 3.28. The maximum absolute atomic E-state index is 12.9. The summed E-state index contributed by atoms with van der Waals surface area (Å²) in [6.45, 7) is 2.03. The number of hydrogen-bond donors (Lipinski definition) is 2. The minimum atomic E-state index is -5.31. The van der Waals surface area contributed by atoms with Gasteiger partial charge in [0.2, 0.25) is 15.9 Å². The normalized spacial score (nSPS) is 16.7. The molecule has 0 spiro atoms. The molecule has 1 unspecified atom stereocenters. The van der Waals surface area contributed by atoms with E-state index in [9.17, 15) is 36.3 Å². The zero-order chi connectivity index (χ0) is 19.4. The molecule has 0 saturated carbocycles. The molecule has 1 aliphatic carbocycles. The Labute approximate surface area is 143 Å². The molecule has 0 radical (unpaired) electrons. The van der Waals surface area contributed by atoms with Crippen LogP contribution in [0, 0.1) is 0 Å². The number of nitrogens with zero attached hydrogens (tertiary/aromatic N) is 1. The topological polar surface area (TPSA) is 104 Å². The Morgan fingerprint density at radius 3 is 2.32 bits per heavy atom. The van der Waals surface area contributed by atoms with Gasteiger partial charge in [0.15, 0.2) is 0 Å². The van der Waals surface area contributed by atoms with Gasteiger partial charge in [0.25, 0.3) is 5.91 Å². The van der Waals surface area contributed by atoms with Crippen molar-refractivity contribution in [3.05, 3.63) is 23.9 Å². The molecule has 1 atom stereocenters. The summed E-state index contributed by atoms with van der Waals surface area (Å²) in [5.41, 5.74) is -4.06. The van der Waals surface area contributed by atoms with Crippen LogP contribution in [0.5, 0.6) is 0 Å². The highest BCUT2D eigenvalue weighted by Crippen LogP contribution is 2.33. The predicted molar refractivity (Wildman–Crippen MR) is 83.0 cm³/mol. The number of alkyl halides is 3. The largest absolute Gasteiger partial charge is 0.426 e. The molecule has 1 aliphatic rings. The van der Waals surface area contributed by atoms with E-state index in [1.54, 1.807) is 6.92 Å². The van der Waals surface area contributed by atoms with Gasteiger partial charge in [0.1, 0.15) is 0 Å². The first-order valence-corrected chi connectivity index (χ1v) is 8.25. The van der Waals surface area contributed by atoms with E-state index < -0.39 is 34.0 Å². The van der Waals surface area contributed by atoms with Crippen LogP contribution in [0.1, 0.15) is 26.7 Å². The third kappa shape index (κ3) is 4.69. The number of imide groups is 1. The Kier molecular flexibility index (Phi) is 6.54. The SMILES string of the molecule is CCCNC(=O)N(C(=O)C(C)(O)C(F)(F)F)C1=CCC(=S(=O)=O)C=C1. The Hall–Kier alpha value is -2.14. The van der Waals surface area contributed by atoms with Crippen molar-refractivity contribution in [2.75, 3.05) is 6.54 Å². The number of allylic oxidation sites excluding steroid dienone is 3. The first-order valence-electron chi connectivity index (χ1n) is 7.18. The molecule has 0 saturated heterocycles. The summed E-state index contributed by atoms with van der Waals surface area (Å²) in [5.74, 6) is -1.89. The predicted octanol–water partition coefficient (Wildman–Crippen LogP) is 1.14. The molecule has 0 aromatic carbocycles. The van der Waals surface area contributed by atoms with Gasteiger partial charge >= 0.3 is 12.2 Å². The highest BCUT2D eigenvalue weighted by Gasteiger charge is 2.58. The van der Waals surface area contributed by atoms with Crippen LogP contribution in [0.3, 0.4) is 0 Å². The molecule has 11 heteroatoms.